The van der Waals surface area contributed by atoms with Gasteiger partial charge in [0.15, 0.2) is 5.82 Å². The number of carboxylic acids is 1. The van der Waals surface area contributed by atoms with E-state index in [-0.39, 0.29) is 6.54 Å². The normalized spacial score (nSPS) is 11.2. The molecule has 0 aliphatic carbocycles. The molecule has 21 heavy (non-hydrogen) atoms. The van der Waals surface area contributed by atoms with Gasteiger partial charge >= 0.3 is 5.97 Å². The predicted octanol–water partition coefficient (Wildman–Crippen LogP) is 3.39. The van der Waals surface area contributed by atoms with Crippen LogP contribution >= 0.6 is 23.2 Å². The Labute approximate surface area is 128 Å². The summed E-state index contributed by atoms with van der Waals surface area (Å²) in [6, 6.07) is 4.86. The lowest BCUT2D eigenvalue weighted by molar-refractivity contribution is -0.137. The zero-order chi connectivity index (χ0) is 15.1. The average Bonchev–Trinajstić information content (AvgIpc) is 2.95. The quantitative estimate of drug-likeness (QED) is 0.798. The molecule has 0 aliphatic rings. The van der Waals surface area contributed by atoms with Gasteiger partial charge in [-0.05, 0) is 19.1 Å². The number of nitrogens with zero attached hydrogens (tertiary/aromatic N) is 3. The number of rotatable bonds is 3. The maximum atomic E-state index is 11.1. The molecule has 2 heterocycles. The number of fused-ring (bicyclic) bond motifs is 1. The molecule has 0 unspecified atom stereocenters. The number of carbonyl (C=O) groups is 1. The predicted molar refractivity (Wildman–Crippen MR) is 77.6 cm³/mol. The van der Waals surface area contributed by atoms with Gasteiger partial charge < -0.3 is 14.2 Å². The van der Waals surface area contributed by atoms with Crippen molar-refractivity contribution < 1.29 is 14.4 Å². The number of carboxylic acid groups (broad SMARTS) is 1. The Morgan fingerprint density at radius 2 is 2.05 bits per heavy atom. The monoisotopic (exact) mass is 325 g/mol. The Morgan fingerprint density at radius 1 is 1.33 bits per heavy atom. The highest BCUT2D eigenvalue weighted by atomic mass is 35.5. The van der Waals surface area contributed by atoms with Gasteiger partial charge in [-0.3, -0.25) is 4.79 Å². The van der Waals surface area contributed by atoms with Crippen LogP contribution in [-0.4, -0.2) is 25.8 Å². The Morgan fingerprint density at radius 3 is 2.67 bits per heavy atom. The topological polar surface area (TPSA) is 81.2 Å². The highest BCUT2D eigenvalue weighted by Crippen LogP contribution is 2.31. The van der Waals surface area contributed by atoms with Crippen molar-refractivity contribution in [1.29, 1.82) is 0 Å². The van der Waals surface area contributed by atoms with E-state index in [9.17, 15) is 4.79 Å². The van der Waals surface area contributed by atoms with Crippen molar-refractivity contribution in [3.63, 3.8) is 0 Å². The van der Waals surface area contributed by atoms with Crippen molar-refractivity contribution in [3.8, 4) is 11.6 Å². The fourth-order valence-corrected chi connectivity index (χ4v) is 2.39. The van der Waals surface area contributed by atoms with Crippen molar-refractivity contribution in [2.24, 2.45) is 0 Å². The first-order chi connectivity index (χ1) is 9.95. The van der Waals surface area contributed by atoms with Crippen LogP contribution in [0.1, 0.15) is 5.69 Å². The van der Waals surface area contributed by atoms with Crippen LogP contribution in [-0.2, 0) is 11.3 Å². The van der Waals surface area contributed by atoms with Gasteiger partial charge in [0.05, 0.1) is 26.8 Å². The largest absolute Gasteiger partial charge is 0.480 e. The van der Waals surface area contributed by atoms with Gasteiger partial charge in [-0.2, -0.15) is 0 Å². The molecule has 0 bridgehead atoms. The molecule has 0 radical (unpaired) electrons. The van der Waals surface area contributed by atoms with E-state index in [0.29, 0.717) is 38.4 Å². The Kier molecular flexibility index (Phi) is 3.35. The molecule has 6 nitrogen and oxygen atoms in total. The van der Waals surface area contributed by atoms with Crippen LogP contribution in [0.15, 0.2) is 22.7 Å². The van der Waals surface area contributed by atoms with Crippen molar-refractivity contribution in [2.45, 2.75) is 13.5 Å². The molecular formula is C13H9Cl2N3O3. The lowest BCUT2D eigenvalue weighted by Gasteiger charge is -2.04. The van der Waals surface area contributed by atoms with Crippen molar-refractivity contribution in [3.05, 3.63) is 33.9 Å². The third kappa shape index (κ3) is 2.48. The third-order valence-corrected chi connectivity index (χ3v) is 3.65. The number of hydrogen-bond donors (Lipinski definition) is 1. The maximum absolute atomic E-state index is 11.1. The molecule has 3 aromatic rings. The number of benzene rings is 1. The Bertz CT molecular complexity index is 854. The second-order valence-electron chi connectivity index (χ2n) is 4.50. The molecule has 0 saturated heterocycles. The SMILES string of the molecule is Cc1cc(-c2nc3cc(Cl)c(Cl)cc3n2CC(=O)O)on1. The minimum atomic E-state index is -1.00. The molecule has 0 fully saturated rings. The standard InChI is InChI=1S/C13H9Cl2N3O3/c1-6-2-11(21-17-6)13-16-9-3-7(14)8(15)4-10(9)18(13)5-12(19)20/h2-4H,5H2,1H3,(H,19,20). The molecule has 108 valence electrons. The third-order valence-electron chi connectivity index (χ3n) is 2.93. The maximum Gasteiger partial charge on any atom is 0.323 e. The average molecular weight is 326 g/mol. The van der Waals surface area contributed by atoms with Crippen molar-refractivity contribution >= 4 is 40.2 Å². The number of imidazole rings is 1. The summed E-state index contributed by atoms with van der Waals surface area (Å²) < 4.78 is 6.67. The summed E-state index contributed by atoms with van der Waals surface area (Å²) in [5.74, 6) is -0.249. The van der Waals surface area contributed by atoms with Gasteiger partial charge in [0.25, 0.3) is 0 Å². The van der Waals surface area contributed by atoms with E-state index < -0.39 is 5.97 Å². The first-order valence-corrected chi connectivity index (χ1v) is 6.72. The van der Waals surface area contributed by atoms with Gasteiger partial charge in [-0.15, -0.1) is 0 Å². The van der Waals surface area contributed by atoms with Crippen LogP contribution in [0.25, 0.3) is 22.6 Å². The van der Waals surface area contributed by atoms with Crippen LogP contribution in [0.4, 0.5) is 0 Å². The van der Waals surface area contributed by atoms with Crippen LogP contribution in [0.5, 0.6) is 0 Å². The number of halogens is 2. The van der Waals surface area contributed by atoms with Gasteiger partial charge in [-0.25, -0.2) is 4.98 Å². The molecule has 0 spiro atoms. The van der Waals surface area contributed by atoms with E-state index in [2.05, 4.69) is 10.1 Å². The lowest BCUT2D eigenvalue weighted by Crippen LogP contribution is -2.09. The van der Waals surface area contributed by atoms with Crippen molar-refractivity contribution in [2.75, 3.05) is 0 Å². The summed E-state index contributed by atoms with van der Waals surface area (Å²) in [6.45, 7) is 1.49. The minimum Gasteiger partial charge on any atom is -0.480 e. The van der Waals surface area contributed by atoms with E-state index in [1.807, 2.05) is 0 Å². The highest BCUT2D eigenvalue weighted by Gasteiger charge is 2.19. The minimum absolute atomic E-state index is 0.274. The first kappa shape index (κ1) is 13.9. The van der Waals surface area contributed by atoms with Crippen LogP contribution in [0.2, 0.25) is 10.0 Å². The van der Waals surface area contributed by atoms with E-state index >= 15 is 0 Å². The van der Waals surface area contributed by atoms with Crippen LogP contribution < -0.4 is 0 Å². The molecule has 0 atom stereocenters. The lowest BCUT2D eigenvalue weighted by atomic mass is 10.3. The first-order valence-electron chi connectivity index (χ1n) is 5.96. The molecule has 0 aliphatic heterocycles. The van der Waals surface area contributed by atoms with E-state index in [0.717, 1.165) is 0 Å². The molecule has 0 amide bonds. The van der Waals surface area contributed by atoms with Gasteiger partial charge in [-0.1, -0.05) is 28.4 Å². The Hall–Kier alpha value is -2.05. The van der Waals surface area contributed by atoms with Crippen LogP contribution in [0.3, 0.4) is 0 Å². The summed E-state index contributed by atoms with van der Waals surface area (Å²) in [5.41, 5.74) is 1.78. The molecule has 1 aromatic carbocycles. The molecule has 0 saturated carbocycles. The highest BCUT2D eigenvalue weighted by molar-refractivity contribution is 6.42. The number of aryl methyl sites for hydroxylation is 1. The van der Waals surface area contributed by atoms with E-state index in [1.165, 1.54) is 4.57 Å². The van der Waals surface area contributed by atoms with Crippen molar-refractivity contribution in [1.82, 2.24) is 14.7 Å². The fraction of sp³-hybridized carbons (Fsp3) is 0.154. The zero-order valence-electron chi connectivity index (χ0n) is 10.8. The molecule has 3 rings (SSSR count). The van der Waals surface area contributed by atoms with Gasteiger partial charge in [0.1, 0.15) is 6.54 Å². The van der Waals surface area contributed by atoms with E-state index in [1.54, 1.807) is 25.1 Å². The van der Waals surface area contributed by atoms with Gasteiger partial charge in [0, 0.05) is 6.07 Å². The zero-order valence-corrected chi connectivity index (χ0v) is 12.3. The Balaban J connectivity index is 2.29. The molecule has 1 N–H and O–H groups in total. The molecule has 8 heteroatoms. The fourth-order valence-electron chi connectivity index (χ4n) is 2.07. The van der Waals surface area contributed by atoms with Gasteiger partial charge in [0.2, 0.25) is 5.76 Å². The van der Waals surface area contributed by atoms with Crippen LogP contribution in [0, 0.1) is 6.92 Å². The summed E-state index contributed by atoms with van der Waals surface area (Å²) in [5, 5.41) is 13.6. The second-order valence-corrected chi connectivity index (χ2v) is 5.32. The molecular weight excluding hydrogens is 317 g/mol. The molecule has 2 aromatic heterocycles. The summed E-state index contributed by atoms with van der Waals surface area (Å²) >= 11 is 12.0. The summed E-state index contributed by atoms with van der Waals surface area (Å²) in [7, 11) is 0. The second kappa shape index (κ2) is 5.05. The smallest absolute Gasteiger partial charge is 0.323 e. The summed E-state index contributed by atoms with van der Waals surface area (Å²) in [6.07, 6.45) is 0. The summed E-state index contributed by atoms with van der Waals surface area (Å²) in [4.78, 5) is 15.5. The number of aliphatic carboxylic acids is 1. The number of aromatic nitrogens is 3. The number of hydrogen-bond acceptors (Lipinski definition) is 4. The van der Waals surface area contributed by atoms with E-state index in [4.69, 9.17) is 32.8 Å².